The van der Waals surface area contributed by atoms with Crippen molar-refractivity contribution >= 4 is 22.9 Å². The highest BCUT2D eigenvalue weighted by atomic mass is 16.5. The van der Waals surface area contributed by atoms with Gasteiger partial charge in [-0.3, -0.25) is 4.79 Å². The first-order valence-electron chi connectivity index (χ1n) is 11.1. The molecule has 3 nitrogen and oxygen atoms in total. The van der Waals surface area contributed by atoms with Gasteiger partial charge in [0.2, 0.25) is 0 Å². The smallest absolute Gasteiger partial charge is 0.308 e. The molecule has 0 aliphatic carbocycles. The number of para-hydroxylation sites is 1. The van der Waals surface area contributed by atoms with Crippen LogP contribution in [0.2, 0.25) is 0 Å². The van der Waals surface area contributed by atoms with Crippen LogP contribution in [-0.4, -0.2) is 17.6 Å². The van der Waals surface area contributed by atoms with E-state index in [0.717, 1.165) is 24.9 Å². The number of ether oxygens (including phenoxy) is 1. The van der Waals surface area contributed by atoms with Gasteiger partial charge in [-0.1, -0.05) is 91.0 Å². The summed E-state index contributed by atoms with van der Waals surface area (Å²) in [6.07, 6.45) is 8.65. The van der Waals surface area contributed by atoms with Gasteiger partial charge in [0.1, 0.15) is 0 Å². The molecule has 0 aliphatic heterocycles. The Kier molecular flexibility index (Phi) is 7.19. The van der Waals surface area contributed by atoms with Crippen LogP contribution in [0.15, 0.2) is 97.2 Å². The van der Waals surface area contributed by atoms with Crippen LogP contribution in [0.1, 0.15) is 29.5 Å². The summed E-state index contributed by atoms with van der Waals surface area (Å²) in [5.74, 6) is -0.299. The van der Waals surface area contributed by atoms with E-state index in [-0.39, 0.29) is 11.9 Å². The standard InChI is InChI=1S/C29H29NO2/c1-32-29(31)25(16-10-15-23-11-4-2-5-12-23)19-20-26-22-30(21-24-13-6-3-7-14-24)28-18-9-8-17-27(26)28/h2-15,17-18,22,25H,16,19-21H2,1H3/b15-10+. The summed E-state index contributed by atoms with van der Waals surface area (Å²) in [6.45, 7) is 0.835. The number of esters is 1. The third kappa shape index (κ3) is 5.36. The van der Waals surface area contributed by atoms with E-state index in [1.54, 1.807) is 0 Å². The lowest BCUT2D eigenvalue weighted by Crippen LogP contribution is -2.16. The fraction of sp³-hybridized carbons (Fsp3) is 0.207. The van der Waals surface area contributed by atoms with E-state index < -0.39 is 0 Å². The molecule has 1 atom stereocenters. The summed E-state index contributed by atoms with van der Waals surface area (Å²) in [7, 11) is 1.47. The van der Waals surface area contributed by atoms with Crippen molar-refractivity contribution in [3.05, 3.63) is 114 Å². The van der Waals surface area contributed by atoms with E-state index in [1.165, 1.54) is 29.1 Å². The van der Waals surface area contributed by atoms with Crippen molar-refractivity contribution in [2.75, 3.05) is 7.11 Å². The second-order valence-corrected chi connectivity index (χ2v) is 8.09. The summed E-state index contributed by atoms with van der Waals surface area (Å²) >= 11 is 0. The average Bonchev–Trinajstić information content (AvgIpc) is 3.19. The van der Waals surface area contributed by atoms with Gasteiger partial charge in [-0.2, -0.15) is 0 Å². The fourth-order valence-electron chi connectivity index (χ4n) is 4.19. The van der Waals surface area contributed by atoms with Gasteiger partial charge in [-0.05, 0) is 42.0 Å². The van der Waals surface area contributed by atoms with Crippen LogP contribution in [0.25, 0.3) is 17.0 Å². The first-order valence-corrected chi connectivity index (χ1v) is 11.1. The van der Waals surface area contributed by atoms with Crippen LogP contribution in [0.5, 0.6) is 0 Å². The molecule has 4 aromatic rings. The SMILES string of the molecule is COC(=O)C(C/C=C/c1ccccc1)CCc1cn(Cc2ccccc2)c2ccccc12. The Morgan fingerprint density at radius 2 is 1.62 bits per heavy atom. The van der Waals surface area contributed by atoms with Gasteiger partial charge in [0.15, 0.2) is 0 Å². The lowest BCUT2D eigenvalue weighted by molar-refractivity contribution is -0.145. The number of aromatic nitrogens is 1. The molecule has 3 aromatic carbocycles. The quantitative estimate of drug-likeness (QED) is 0.287. The normalized spacial score (nSPS) is 12.3. The van der Waals surface area contributed by atoms with Gasteiger partial charge in [0.05, 0.1) is 13.0 Å². The zero-order chi connectivity index (χ0) is 22.2. The molecule has 0 saturated carbocycles. The molecule has 0 N–H and O–H groups in total. The lowest BCUT2D eigenvalue weighted by Gasteiger charge is -2.12. The number of nitrogens with zero attached hydrogens (tertiary/aromatic N) is 1. The van der Waals surface area contributed by atoms with Crippen molar-refractivity contribution in [2.24, 2.45) is 5.92 Å². The monoisotopic (exact) mass is 423 g/mol. The molecular formula is C29H29NO2. The van der Waals surface area contributed by atoms with Crippen LogP contribution in [0, 0.1) is 5.92 Å². The molecule has 0 bridgehead atoms. The van der Waals surface area contributed by atoms with E-state index in [4.69, 9.17) is 4.74 Å². The summed E-state index contributed by atoms with van der Waals surface area (Å²) in [4.78, 5) is 12.4. The number of aryl methyl sites for hydroxylation is 1. The number of rotatable bonds is 9. The van der Waals surface area contributed by atoms with Crippen molar-refractivity contribution in [1.82, 2.24) is 4.57 Å². The van der Waals surface area contributed by atoms with E-state index in [0.29, 0.717) is 6.42 Å². The molecule has 1 heterocycles. The highest BCUT2D eigenvalue weighted by Crippen LogP contribution is 2.26. The molecule has 0 amide bonds. The fourth-order valence-corrected chi connectivity index (χ4v) is 4.19. The lowest BCUT2D eigenvalue weighted by atomic mass is 9.95. The van der Waals surface area contributed by atoms with Crippen LogP contribution in [-0.2, 0) is 22.5 Å². The maximum absolute atomic E-state index is 12.4. The molecule has 0 radical (unpaired) electrons. The van der Waals surface area contributed by atoms with Gasteiger partial charge in [0.25, 0.3) is 0 Å². The van der Waals surface area contributed by atoms with Crippen LogP contribution >= 0.6 is 0 Å². The van der Waals surface area contributed by atoms with Crippen LogP contribution in [0.3, 0.4) is 0 Å². The molecule has 0 fully saturated rings. The number of carbonyl (C=O) groups excluding carboxylic acids is 1. The summed E-state index contributed by atoms with van der Waals surface area (Å²) in [5.41, 5.74) is 4.92. The number of benzene rings is 3. The van der Waals surface area contributed by atoms with Crippen LogP contribution in [0.4, 0.5) is 0 Å². The third-order valence-corrected chi connectivity index (χ3v) is 5.89. The van der Waals surface area contributed by atoms with E-state index >= 15 is 0 Å². The number of allylic oxidation sites excluding steroid dienone is 1. The minimum atomic E-state index is -0.156. The summed E-state index contributed by atoms with van der Waals surface area (Å²) < 4.78 is 7.41. The minimum Gasteiger partial charge on any atom is -0.469 e. The Morgan fingerprint density at radius 1 is 0.938 bits per heavy atom. The second-order valence-electron chi connectivity index (χ2n) is 8.09. The minimum absolute atomic E-state index is 0.143. The zero-order valence-corrected chi connectivity index (χ0v) is 18.5. The molecule has 0 saturated heterocycles. The maximum atomic E-state index is 12.4. The van der Waals surface area contributed by atoms with Gasteiger partial charge >= 0.3 is 5.97 Å². The number of hydrogen-bond donors (Lipinski definition) is 0. The number of hydrogen-bond acceptors (Lipinski definition) is 2. The molecule has 0 aliphatic rings. The van der Waals surface area contributed by atoms with Crippen molar-refractivity contribution < 1.29 is 9.53 Å². The third-order valence-electron chi connectivity index (χ3n) is 5.89. The Balaban J connectivity index is 1.49. The second kappa shape index (κ2) is 10.6. The molecule has 3 heteroatoms. The Labute approximate surface area is 190 Å². The molecule has 162 valence electrons. The van der Waals surface area contributed by atoms with E-state index in [9.17, 15) is 4.79 Å². The number of methoxy groups -OCH3 is 1. The molecule has 1 unspecified atom stereocenters. The topological polar surface area (TPSA) is 31.2 Å². The van der Waals surface area contributed by atoms with E-state index in [1.807, 2.05) is 24.3 Å². The Bertz CT molecular complexity index is 1180. The molecule has 1 aromatic heterocycles. The number of fused-ring (bicyclic) bond motifs is 1. The Hall–Kier alpha value is -3.59. The first-order chi connectivity index (χ1) is 15.7. The predicted octanol–water partition coefficient (Wildman–Crippen LogP) is 6.51. The van der Waals surface area contributed by atoms with Gasteiger partial charge in [0, 0.05) is 23.6 Å². The van der Waals surface area contributed by atoms with Crippen molar-refractivity contribution in [1.29, 1.82) is 0 Å². The zero-order valence-electron chi connectivity index (χ0n) is 18.5. The maximum Gasteiger partial charge on any atom is 0.308 e. The van der Waals surface area contributed by atoms with Crippen molar-refractivity contribution in [2.45, 2.75) is 25.8 Å². The molecular weight excluding hydrogens is 394 g/mol. The largest absolute Gasteiger partial charge is 0.469 e. The highest BCUT2D eigenvalue weighted by molar-refractivity contribution is 5.84. The highest BCUT2D eigenvalue weighted by Gasteiger charge is 2.19. The van der Waals surface area contributed by atoms with Crippen LogP contribution < -0.4 is 0 Å². The first kappa shape index (κ1) is 21.6. The molecule has 4 rings (SSSR count). The number of carbonyl (C=O) groups is 1. The van der Waals surface area contributed by atoms with Gasteiger partial charge in [-0.15, -0.1) is 0 Å². The van der Waals surface area contributed by atoms with Crippen molar-refractivity contribution in [3.8, 4) is 0 Å². The molecule has 0 spiro atoms. The predicted molar refractivity (Wildman–Crippen MR) is 131 cm³/mol. The van der Waals surface area contributed by atoms with E-state index in [2.05, 4.69) is 83.6 Å². The summed E-state index contributed by atoms with van der Waals surface area (Å²) in [6, 6.07) is 29.2. The average molecular weight is 424 g/mol. The van der Waals surface area contributed by atoms with Crippen molar-refractivity contribution in [3.63, 3.8) is 0 Å². The summed E-state index contributed by atoms with van der Waals surface area (Å²) in [5, 5.41) is 1.26. The Morgan fingerprint density at radius 3 is 2.38 bits per heavy atom. The van der Waals surface area contributed by atoms with Gasteiger partial charge < -0.3 is 9.30 Å². The van der Waals surface area contributed by atoms with Gasteiger partial charge in [-0.25, -0.2) is 0 Å². The molecule has 32 heavy (non-hydrogen) atoms.